The molecule has 1 aromatic heterocycles. The highest BCUT2D eigenvalue weighted by Gasteiger charge is 2.16. The van der Waals surface area contributed by atoms with E-state index in [1.165, 1.54) is 0 Å². The number of anilines is 1. The number of fused-ring (bicyclic) bond motifs is 1. The lowest BCUT2D eigenvalue weighted by Crippen LogP contribution is -2.25. The zero-order valence-electron chi connectivity index (χ0n) is 11.8. The first kappa shape index (κ1) is 14.5. The van der Waals surface area contributed by atoms with Crippen molar-refractivity contribution in [3.8, 4) is 5.75 Å². The molecule has 0 aliphatic rings. The molecule has 1 aromatic carbocycles. The van der Waals surface area contributed by atoms with Crippen LogP contribution in [0.2, 0.25) is 0 Å². The van der Waals surface area contributed by atoms with Gasteiger partial charge in [0.25, 0.3) is 0 Å². The number of nitrogens with one attached hydrogen (secondary N) is 1. The van der Waals surface area contributed by atoms with Gasteiger partial charge >= 0.3 is 0 Å². The van der Waals surface area contributed by atoms with Gasteiger partial charge in [0.1, 0.15) is 5.75 Å². The monoisotopic (exact) mass is 296 g/mol. The fourth-order valence-electron chi connectivity index (χ4n) is 1.60. The highest BCUT2D eigenvalue weighted by Crippen LogP contribution is 2.30. The van der Waals surface area contributed by atoms with Crippen molar-refractivity contribution in [2.24, 2.45) is 0 Å². The molecule has 0 aliphatic carbocycles. The van der Waals surface area contributed by atoms with Crippen LogP contribution in [-0.2, 0) is 0 Å². The Bertz CT molecular complexity index is 551. The second kappa shape index (κ2) is 6.01. The van der Waals surface area contributed by atoms with E-state index < -0.39 is 0 Å². The molecule has 0 bridgehead atoms. The van der Waals surface area contributed by atoms with Crippen LogP contribution in [-0.4, -0.2) is 29.1 Å². The molecule has 5 heteroatoms. The Morgan fingerprint density at radius 2 is 2.21 bits per heavy atom. The van der Waals surface area contributed by atoms with Crippen LogP contribution in [0.25, 0.3) is 10.2 Å². The maximum Gasteiger partial charge on any atom is 0.183 e. The van der Waals surface area contributed by atoms with Gasteiger partial charge in [-0.1, -0.05) is 11.3 Å². The number of thiazole rings is 1. The molecule has 0 saturated heterocycles. The minimum absolute atomic E-state index is 0.217. The number of hydrogen-bond acceptors (Lipinski definition) is 5. The normalized spacial score (nSPS) is 11.8. The van der Waals surface area contributed by atoms with Gasteiger partial charge in [0.15, 0.2) is 5.13 Å². The molecule has 2 rings (SSSR count). The van der Waals surface area contributed by atoms with Crippen LogP contribution in [0.1, 0.15) is 20.8 Å². The molecule has 3 nitrogen and oxygen atoms in total. The number of hydrogen-bond donors (Lipinski definition) is 1. The van der Waals surface area contributed by atoms with E-state index >= 15 is 0 Å². The molecule has 1 heterocycles. The summed E-state index contributed by atoms with van der Waals surface area (Å²) in [4.78, 5) is 4.59. The Morgan fingerprint density at radius 3 is 2.89 bits per heavy atom. The molecular weight excluding hydrogens is 276 g/mol. The molecule has 0 amide bonds. The first-order chi connectivity index (χ1) is 9.04. The quantitative estimate of drug-likeness (QED) is 0.864. The Balaban J connectivity index is 2.13. The number of nitrogens with zero attached hydrogens (tertiary/aromatic N) is 1. The van der Waals surface area contributed by atoms with Gasteiger partial charge in [-0.15, -0.1) is 0 Å². The highest BCUT2D eigenvalue weighted by atomic mass is 32.2. The van der Waals surface area contributed by atoms with Gasteiger partial charge in [-0.05, 0) is 45.2 Å². The molecule has 0 unspecified atom stereocenters. The Kier molecular flexibility index (Phi) is 4.58. The van der Waals surface area contributed by atoms with Crippen molar-refractivity contribution in [2.75, 3.05) is 24.7 Å². The van der Waals surface area contributed by atoms with Gasteiger partial charge in [-0.3, -0.25) is 0 Å². The molecule has 104 valence electrons. The Morgan fingerprint density at radius 1 is 1.42 bits per heavy atom. The number of benzene rings is 1. The summed E-state index contributed by atoms with van der Waals surface area (Å²) in [6.45, 7) is 8.05. The van der Waals surface area contributed by atoms with Crippen molar-refractivity contribution in [1.82, 2.24) is 4.98 Å². The van der Waals surface area contributed by atoms with Gasteiger partial charge in [-0.2, -0.15) is 11.8 Å². The summed E-state index contributed by atoms with van der Waals surface area (Å²) in [7, 11) is 0. The van der Waals surface area contributed by atoms with Crippen LogP contribution in [0.5, 0.6) is 5.75 Å². The summed E-state index contributed by atoms with van der Waals surface area (Å²) >= 11 is 3.53. The Labute approximate surface area is 122 Å². The summed E-state index contributed by atoms with van der Waals surface area (Å²) in [6.07, 6.45) is 2.13. The molecule has 0 fully saturated rings. The van der Waals surface area contributed by atoms with Crippen LogP contribution in [0, 0.1) is 0 Å². The van der Waals surface area contributed by atoms with E-state index in [2.05, 4.69) is 36.5 Å². The van der Waals surface area contributed by atoms with Crippen molar-refractivity contribution in [3.05, 3.63) is 18.2 Å². The second-order valence-corrected chi connectivity index (χ2v) is 7.44. The molecule has 0 spiro atoms. The lowest BCUT2D eigenvalue weighted by atomic mass is 10.2. The van der Waals surface area contributed by atoms with E-state index in [0.717, 1.165) is 27.6 Å². The van der Waals surface area contributed by atoms with Crippen molar-refractivity contribution < 1.29 is 4.74 Å². The van der Waals surface area contributed by atoms with Crippen molar-refractivity contribution >= 4 is 38.4 Å². The SMILES string of the molecule is CCOc1ccc2nc(NCC(C)(C)SC)sc2c1. The highest BCUT2D eigenvalue weighted by molar-refractivity contribution is 7.99. The Hall–Kier alpha value is -0.940. The molecule has 0 saturated carbocycles. The molecule has 0 aliphatic heterocycles. The van der Waals surface area contributed by atoms with Crippen molar-refractivity contribution in [1.29, 1.82) is 0 Å². The van der Waals surface area contributed by atoms with E-state index in [9.17, 15) is 0 Å². The molecule has 1 N–H and O–H groups in total. The lowest BCUT2D eigenvalue weighted by molar-refractivity contribution is 0.341. The molecule has 19 heavy (non-hydrogen) atoms. The standard InChI is InChI=1S/C14H20N2OS2/c1-5-17-10-6-7-11-12(8-10)19-13(16-11)15-9-14(2,3)18-4/h6-8H,5,9H2,1-4H3,(H,15,16). The largest absolute Gasteiger partial charge is 0.494 e. The number of rotatable bonds is 6. The van der Waals surface area contributed by atoms with E-state index in [-0.39, 0.29) is 4.75 Å². The third-order valence-corrected chi connectivity index (χ3v) is 5.11. The van der Waals surface area contributed by atoms with E-state index in [1.807, 2.05) is 30.8 Å². The molecule has 0 atom stereocenters. The topological polar surface area (TPSA) is 34.1 Å². The zero-order valence-corrected chi connectivity index (χ0v) is 13.5. The van der Waals surface area contributed by atoms with Crippen molar-refractivity contribution in [3.63, 3.8) is 0 Å². The van der Waals surface area contributed by atoms with Crippen LogP contribution < -0.4 is 10.1 Å². The first-order valence-electron chi connectivity index (χ1n) is 6.36. The van der Waals surface area contributed by atoms with E-state index in [0.29, 0.717) is 6.61 Å². The van der Waals surface area contributed by atoms with Crippen LogP contribution >= 0.6 is 23.1 Å². The summed E-state index contributed by atoms with van der Waals surface area (Å²) in [5.41, 5.74) is 1.03. The number of thioether (sulfide) groups is 1. The average Bonchev–Trinajstić information content (AvgIpc) is 2.79. The summed E-state index contributed by atoms with van der Waals surface area (Å²) < 4.78 is 6.89. The van der Waals surface area contributed by atoms with Gasteiger partial charge in [-0.25, -0.2) is 4.98 Å². The van der Waals surface area contributed by atoms with Crippen LogP contribution in [0.3, 0.4) is 0 Å². The lowest BCUT2D eigenvalue weighted by Gasteiger charge is -2.21. The van der Waals surface area contributed by atoms with Gasteiger partial charge in [0, 0.05) is 11.3 Å². The summed E-state index contributed by atoms with van der Waals surface area (Å²) in [5.74, 6) is 0.912. The minimum atomic E-state index is 0.217. The van der Waals surface area contributed by atoms with Crippen LogP contribution in [0.4, 0.5) is 5.13 Å². The third-order valence-electron chi connectivity index (χ3n) is 2.89. The van der Waals surface area contributed by atoms with Crippen LogP contribution in [0.15, 0.2) is 18.2 Å². The number of aromatic nitrogens is 1. The molecular formula is C14H20N2OS2. The maximum atomic E-state index is 5.51. The predicted octanol–water partition coefficient (Wildman–Crippen LogP) is 4.25. The average molecular weight is 296 g/mol. The first-order valence-corrected chi connectivity index (χ1v) is 8.40. The van der Waals surface area contributed by atoms with Gasteiger partial charge in [0.05, 0.1) is 16.8 Å². The zero-order chi connectivity index (χ0) is 13.9. The van der Waals surface area contributed by atoms with Gasteiger partial charge < -0.3 is 10.1 Å². The smallest absolute Gasteiger partial charge is 0.183 e. The van der Waals surface area contributed by atoms with E-state index in [4.69, 9.17) is 4.74 Å². The second-order valence-electron chi connectivity index (χ2n) is 4.90. The fraction of sp³-hybridized carbons (Fsp3) is 0.500. The van der Waals surface area contributed by atoms with E-state index in [1.54, 1.807) is 11.3 Å². The molecule has 0 radical (unpaired) electrons. The maximum absolute atomic E-state index is 5.51. The van der Waals surface area contributed by atoms with Gasteiger partial charge in [0.2, 0.25) is 0 Å². The third kappa shape index (κ3) is 3.76. The summed E-state index contributed by atoms with van der Waals surface area (Å²) in [6, 6.07) is 6.05. The predicted molar refractivity (Wildman–Crippen MR) is 86.9 cm³/mol. The molecule has 2 aromatic rings. The van der Waals surface area contributed by atoms with Crippen molar-refractivity contribution in [2.45, 2.75) is 25.5 Å². The minimum Gasteiger partial charge on any atom is -0.494 e. The fourth-order valence-corrected chi connectivity index (χ4v) is 2.70. The number of ether oxygens (including phenoxy) is 1. The summed E-state index contributed by atoms with van der Waals surface area (Å²) in [5, 5.41) is 4.40.